The normalized spacial score (nSPS) is 18.1. The van der Waals surface area contributed by atoms with E-state index in [9.17, 15) is 18.0 Å². The molecular formula is C24H29N3O4S. The molecule has 2 amide bonds. The number of hydrogen-bond acceptors (Lipinski definition) is 4. The Hall–Kier alpha value is -2.71. The number of piperidine rings is 1. The number of piperazine rings is 1. The summed E-state index contributed by atoms with van der Waals surface area (Å²) in [5, 5.41) is 0. The highest BCUT2D eigenvalue weighted by molar-refractivity contribution is 7.89. The van der Waals surface area contributed by atoms with Crippen molar-refractivity contribution in [2.45, 2.75) is 38.0 Å². The Kier molecular flexibility index (Phi) is 6.35. The number of rotatable bonds is 4. The third kappa shape index (κ3) is 4.42. The van der Waals surface area contributed by atoms with Crippen molar-refractivity contribution in [3.05, 3.63) is 59.2 Å². The smallest absolute Gasteiger partial charge is 0.253 e. The van der Waals surface area contributed by atoms with Crippen molar-refractivity contribution in [3.8, 4) is 0 Å². The summed E-state index contributed by atoms with van der Waals surface area (Å²) in [5.74, 6) is 0.00168. The van der Waals surface area contributed by atoms with Gasteiger partial charge in [0.15, 0.2) is 0 Å². The van der Waals surface area contributed by atoms with Gasteiger partial charge in [0.2, 0.25) is 15.9 Å². The number of sulfonamides is 1. The molecule has 0 spiro atoms. The van der Waals surface area contributed by atoms with Gasteiger partial charge in [-0.05, 0) is 68.1 Å². The third-order valence-corrected chi connectivity index (χ3v) is 8.28. The molecule has 0 atom stereocenters. The zero-order chi connectivity index (χ0) is 22.9. The lowest BCUT2D eigenvalue weighted by atomic mass is 10.1. The molecule has 2 fully saturated rings. The van der Waals surface area contributed by atoms with E-state index < -0.39 is 10.0 Å². The predicted molar refractivity (Wildman–Crippen MR) is 123 cm³/mol. The number of aryl methyl sites for hydroxylation is 2. The molecule has 4 rings (SSSR count). The van der Waals surface area contributed by atoms with Crippen LogP contribution in [0.1, 0.15) is 40.7 Å². The highest BCUT2D eigenvalue weighted by atomic mass is 32.2. The molecule has 2 aromatic carbocycles. The molecule has 0 unspecified atom stereocenters. The molecule has 0 aromatic heterocycles. The Labute approximate surface area is 189 Å². The predicted octanol–water partition coefficient (Wildman–Crippen LogP) is 2.97. The summed E-state index contributed by atoms with van der Waals surface area (Å²) >= 11 is 0. The van der Waals surface area contributed by atoms with Crippen LogP contribution in [0.3, 0.4) is 0 Å². The number of nitrogens with zero attached hydrogens (tertiary/aromatic N) is 3. The summed E-state index contributed by atoms with van der Waals surface area (Å²) in [4.78, 5) is 28.9. The van der Waals surface area contributed by atoms with Gasteiger partial charge < -0.3 is 9.80 Å². The number of hydrogen-bond donors (Lipinski definition) is 0. The zero-order valence-corrected chi connectivity index (χ0v) is 19.4. The van der Waals surface area contributed by atoms with Crippen molar-refractivity contribution in [1.29, 1.82) is 0 Å². The Morgan fingerprint density at radius 1 is 0.875 bits per heavy atom. The van der Waals surface area contributed by atoms with Gasteiger partial charge in [0.05, 0.1) is 4.90 Å². The van der Waals surface area contributed by atoms with Crippen LogP contribution in [-0.2, 0) is 14.8 Å². The van der Waals surface area contributed by atoms with E-state index in [1.54, 1.807) is 34.9 Å². The number of carbonyl (C=O) groups is 2. The van der Waals surface area contributed by atoms with E-state index in [0.29, 0.717) is 36.5 Å². The Morgan fingerprint density at radius 2 is 1.56 bits per heavy atom. The van der Waals surface area contributed by atoms with Crippen LogP contribution in [0.4, 0.5) is 5.69 Å². The quantitative estimate of drug-likeness (QED) is 0.710. The highest BCUT2D eigenvalue weighted by Gasteiger charge is 2.31. The van der Waals surface area contributed by atoms with Gasteiger partial charge >= 0.3 is 0 Å². The molecule has 2 aromatic rings. The second kappa shape index (κ2) is 9.03. The van der Waals surface area contributed by atoms with E-state index >= 15 is 0 Å². The number of carbonyl (C=O) groups excluding carboxylic acids is 2. The van der Waals surface area contributed by atoms with E-state index in [1.807, 2.05) is 31.2 Å². The molecule has 2 saturated heterocycles. The Morgan fingerprint density at radius 3 is 2.22 bits per heavy atom. The molecule has 0 radical (unpaired) electrons. The van der Waals surface area contributed by atoms with E-state index in [4.69, 9.17) is 0 Å². The van der Waals surface area contributed by atoms with Crippen molar-refractivity contribution < 1.29 is 18.0 Å². The van der Waals surface area contributed by atoms with Crippen molar-refractivity contribution in [2.24, 2.45) is 0 Å². The first-order chi connectivity index (χ1) is 15.3. The summed E-state index contributed by atoms with van der Waals surface area (Å²) < 4.78 is 27.7. The molecule has 7 nitrogen and oxygen atoms in total. The topological polar surface area (TPSA) is 78.0 Å². The second-order valence-corrected chi connectivity index (χ2v) is 10.4. The zero-order valence-electron chi connectivity index (χ0n) is 18.6. The number of benzene rings is 2. The second-order valence-electron chi connectivity index (χ2n) is 8.51. The minimum Gasteiger partial charge on any atom is -0.336 e. The fourth-order valence-corrected chi connectivity index (χ4v) is 6.03. The summed E-state index contributed by atoms with van der Waals surface area (Å²) in [6, 6.07) is 12.6. The molecule has 2 aliphatic heterocycles. The molecular weight excluding hydrogens is 426 g/mol. The number of anilines is 1. The molecule has 0 N–H and O–H groups in total. The van der Waals surface area contributed by atoms with Crippen LogP contribution in [0.15, 0.2) is 47.4 Å². The van der Waals surface area contributed by atoms with Crippen LogP contribution >= 0.6 is 0 Å². The summed E-state index contributed by atoms with van der Waals surface area (Å²) in [6.45, 7) is 5.60. The van der Waals surface area contributed by atoms with E-state index in [-0.39, 0.29) is 24.9 Å². The van der Waals surface area contributed by atoms with Crippen LogP contribution in [-0.4, -0.2) is 62.2 Å². The SMILES string of the molecule is Cc1ccc(C)c(S(=O)(=O)N2CCN(C(=O)c3ccc(N4CCCCC4=O)cc3)CC2)c1. The monoisotopic (exact) mass is 455 g/mol. The molecule has 170 valence electrons. The van der Waals surface area contributed by atoms with Gasteiger partial charge in [-0.3, -0.25) is 9.59 Å². The standard InChI is InChI=1S/C24H29N3O4S/c1-18-6-7-19(2)22(17-18)32(30,31)26-15-13-25(14-16-26)24(29)20-8-10-21(11-9-20)27-12-4-3-5-23(27)28/h6-11,17H,3-5,12-16H2,1-2H3. The van der Waals surface area contributed by atoms with Crippen molar-refractivity contribution in [3.63, 3.8) is 0 Å². The maximum absolute atomic E-state index is 13.1. The van der Waals surface area contributed by atoms with E-state index in [1.165, 1.54) is 4.31 Å². The average Bonchev–Trinajstić information content (AvgIpc) is 2.80. The molecule has 2 heterocycles. The van der Waals surface area contributed by atoms with Crippen LogP contribution in [0, 0.1) is 13.8 Å². The first-order valence-corrected chi connectivity index (χ1v) is 12.5. The lowest BCUT2D eigenvalue weighted by Crippen LogP contribution is -2.50. The van der Waals surface area contributed by atoms with Gasteiger partial charge in [-0.15, -0.1) is 0 Å². The minimum atomic E-state index is -3.59. The first kappa shape index (κ1) is 22.5. The van der Waals surface area contributed by atoms with Crippen LogP contribution in [0.5, 0.6) is 0 Å². The minimum absolute atomic E-state index is 0.120. The van der Waals surface area contributed by atoms with Crippen LogP contribution in [0.25, 0.3) is 0 Å². The lowest BCUT2D eigenvalue weighted by Gasteiger charge is -2.34. The van der Waals surface area contributed by atoms with Gasteiger partial charge in [0, 0.05) is 50.4 Å². The van der Waals surface area contributed by atoms with Crippen LogP contribution < -0.4 is 4.90 Å². The summed E-state index contributed by atoms with van der Waals surface area (Å²) in [5.41, 5.74) is 2.99. The van der Waals surface area contributed by atoms with Crippen molar-refractivity contribution in [2.75, 3.05) is 37.6 Å². The van der Waals surface area contributed by atoms with Gasteiger partial charge in [-0.25, -0.2) is 8.42 Å². The molecule has 0 aliphatic carbocycles. The van der Waals surface area contributed by atoms with Gasteiger partial charge in [0.1, 0.15) is 0 Å². The maximum atomic E-state index is 13.1. The Balaban J connectivity index is 1.41. The fourth-order valence-electron chi connectivity index (χ4n) is 4.30. The first-order valence-electron chi connectivity index (χ1n) is 11.0. The fraction of sp³-hybridized carbons (Fsp3) is 0.417. The summed E-state index contributed by atoms with van der Waals surface area (Å²) in [6.07, 6.45) is 2.48. The molecule has 32 heavy (non-hydrogen) atoms. The van der Waals surface area contributed by atoms with Gasteiger partial charge in [-0.2, -0.15) is 4.31 Å². The van der Waals surface area contributed by atoms with Crippen molar-refractivity contribution >= 4 is 27.5 Å². The molecule has 0 bridgehead atoms. The largest absolute Gasteiger partial charge is 0.336 e. The van der Waals surface area contributed by atoms with Crippen LogP contribution in [0.2, 0.25) is 0 Å². The van der Waals surface area contributed by atoms with Crippen molar-refractivity contribution in [1.82, 2.24) is 9.21 Å². The molecule has 0 saturated carbocycles. The highest BCUT2D eigenvalue weighted by Crippen LogP contribution is 2.24. The maximum Gasteiger partial charge on any atom is 0.253 e. The van der Waals surface area contributed by atoms with Gasteiger partial charge in [-0.1, -0.05) is 12.1 Å². The molecule has 2 aliphatic rings. The lowest BCUT2D eigenvalue weighted by molar-refractivity contribution is -0.119. The van der Waals surface area contributed by atoms with Gasteiger partial charge in [0.25, 0.3) is 5.91 Å². The molecule has 8 heteroatoms. The third-order valence-electron chi connectivity index (χ3n) is 6.24. The Bertz CT molecular complexity index is 1120. The summed E-state index contributed by atoms with van der Waals surface area (Å²) in [7, 11) is -3.59. The van der Waals surface area contributed by atoms with E-state index in [0.717, 1.165) is 29.7 Å². The number of amides is 2. The van der Waals surface area contributed by atoms with E-state index in [2.05, 4.69) is 0 Å². The average molecular weight is 456 g/mol.